The minimum absolute atomic E-state index is 0.486. The van der Waals surface area contributed by atoms with E-state index >= 15 is 0 Å². The van der Waals surface area contributed by atoms with Crippen molar-refractivity contribution in [3.63, 3.8) is 0 Å². The van der Waals surface area contributed by atoms with Gasteiger partial charge in [-0.25, -0.2) is 0 Å². The van der Waals surface area contributed by atoms with E-state index in [0.29, 0.717) is 16.9 Å². The Morgan fingerprint density at radius 1 is 0.889 bits per heavy atom. The lowest BCUT2D eigenvalue weighted by Crippen LogP contribution is -2.53. The van der Waals surface area contributed by atoms with E-state index < -0.39 is 0 Å². The predicted octanol–water partition coefficient (Wildman–Crippen LogP) is 7.00. The molecule has 0 bridgehead atoms. The highest BCUT2D eigenvalue weighted by atomic mass is 16.5. The Labute approximate surface area is 166 Å². The third-order valence-corrected chi connectivity index (χ3v) is 9.73. The quantitative estimate of drug-likeness (QED) is 0.559. The molecule has 4 fully saturated rings. The Morgan fingerprint density at radius 3 is 2.59 bits per heavy atom. The summed E-state index contributed by atoms with van der Waals surface area (Å²) in [5, 5.41) is 0. The van der Waals surface area contributed by atoms with E-state index in [1.807, 2.05) is 0 Å². The average Bonchev–Trinajstić information content (AvgIpc) is 3.09. The maximum atomic E-state index is 6.38. The maximum absolute atomic E-state index is 6.38. The number of fused-ring (bicyclic) bond motifs is 5. The lowest BCUT2D eigenvalue weighted by atomic mass is 9.45. The number of benzene rings is 1. The van der Waals surface area contributed by atoms with Crippen LogP contribution in [0, 0.1) is 34.5 Å². The van der Waals surface area contributed by atoms with Crippen LogP contribution < -0.4 is 0 Å². The molecule has 4 aliphatic carbocycles. The summed E-state index contributed by atoms with van der Waals surface area (Å²) >= 11 is 0. The molecule has 27 heavy (non-hydrogen) atoms. The second kappa shape index (κ2) is 6.90. The van der Waals surface area contributed by atoms with E-state index in [-0.39, 0.29) is 0 Å². The molecule has 4 saturated carbocycles. The van der Waals surface area contributed by atoms with Gasteiger partial charge >= 0.3 is 0 Å². The maximum Gasteiger partial charge on any atom is 0.0720 e. The Morgan fingerprint density at radius 2 is 1.74 bits per heavy atom. The Kier molecular flexibility index (Phi) is 4.66. The van der Waals surface area contributed by atoms with E-state index in [0.717, 1.165) is 30.3 Å². The molecule has 7 unspecified atom stereocenters. The summed E-state index contributed by atoms with van der Waals surface area (Å²) in [6.07, 6.45) is 15.0. The number of rotatable bonds is 3. The molecular formula is C26H38O. The van der Waals surface area contributed by atoms with Gasteiger partial charge in [-0.05, 0) is 97.9 Å². The van der Waals surface area contributed by atoms with Crippen LogP contribution in [0.2, 0.25) is 0 Å². The summed E-state index contributed by atoms with van der Waals surface area (Å²) < 4.78 is 6.38. The van der Waals surface area contributed by atoms with E-state index in [1.54, 1.807) is 0 Å². The lowest BCUT2D eigenvalue weighted by Gasteiger charge is -2.60. The molecule has 5 rings (SSSR count). The SMILES string of the molecule is CC12CCCC1C1CCC3CC(OCc4ccccc4)CCC3(C)C1CC2. The van der Waals surface area contributed by atoms with Crippen molar-refractivity contribution in [1.82, 2.24) is 0 Å². The van der Waals surface area contributed by atoms with Gasteiger partial charge in [0.2, 0.25) is 0 Å². The van der Waals surface area contributed by atoms with Gasteiger partial charge in [-0.3, -0.25) is 0 Å². The van der Waals surface area contributed by atoms with Gasteiger partial charge in [0.25, 0.3) is 0 Å². The van der Waals surface area contributed by atoms with Crippen LogP contribution in [0.1, 0.15) is 83.6 Å². The number of ether oxygens (including phenoxy) is 1. The van der Waals surface area contributed by atoms with E-state index in [4.69, 9.17) is 4.74 Å². The van der Waals surface area contributed by atoms with Crippen LogP contribution in [0.25, 0.3) is 0 Å². The van der Waals surface area contributed by atoms with Crippen molar-refractivity contribution < 1.29 is 4.74 Å². The van der Waals surface area contributed by atoms with Crippen LogP contribution >= 0.6 is 0 Å². The monoisotopic (exact) mass is 366 g/mol. The minimum Gasteiger partial charge on any atom is -0.374 e. The fraction of sp³-hybridized carbons (Fsp3) is 0.769. The summed E-state index contributed by atoms with van der Waals surface area (Å²) in [7, 11) is 0. The van der Waals surface area contributed by atoms with Crippen LogP contribution in [0.3, 0.4) is 0 Å². The highest BCUT2D eigenvalue weighted by Crippen LogP contribution is 2.66. The smallest absolute Gasteiger partial charge is 0.0720 e. The second-order valence-corrected chi connectivity index (χ2v) is 10.9. The largest absolute Gasteiger partial charge is 0.374 e. The molecule has 4 aliphatic rings. The predicted molar refractivity (Wildman–Crippen MR) is 111 cm³/mol. The zero-order chi connectivity index (χ0) is 18.5. The third-order valence-electron chi connectivity index (χ3n) is 9.73. The zero-order valence-electron chi connectivity index (χ0n) is 17.5. The van der Waals surface area contributed by atoms with Gasteiger partial charge in [0.05, 0.1) is 12.7 Å². The second-order valence-electron chi connectivity index (χ2n) is 10.9. The molecule has 1 nitrogen and oxygen atoms in total. The van der Waals surface area contributed by atoms with Crippen LogP contribution in [-0.4, -0.2) is 6.10 Å². The third kappa shape index (κ3) is 3.09. The van der Waals surface area contributed by atoms with E-state index in [9.17, 15) is 0 Å². The molecule has 0 spiro atoms. The van der Waals surface area contributed by atoms with Gasteiger partial charge in [-0.1, -0.05) is 50.6 Å². The summed E-state index contributed by atoms with van der Waals surface area (Å²) in [5.74, 6) is 3.98. The summed E-state index contributed by atoms with van der Waals surface area (Å²) in [5.41, 5.74) is 2.61. The molecule has 0 radical (unpaired) electrons. The van der Waals surface area contributed by atoms with Gasteiger partial charge in [0, 0.05) is 0 Å². The first-order valence-electron chi connectivity index (χ1n) is 11.7. The molecular weight excluding hydrogens is 328 g/mol. The summed E-state index contributed by atoms with van der Waals surface area (Å²) in [6, 6.07) is 10.7. The first-order chi connectivity index (χ1) is 13.1. The van der Waals surface area contributed by atoms with Crippen molar-refractivity contribution in [2.24, 2.45) is 34.5 Å². The molecule has 0 amide bonds. The average molecular weight is 367 g/mol. The molecule has 0 N–H and O–H groups in total. The normalized spacial score (nSPS) is 46.4. The Hall–Kier alpha value is -0.820. The van der Waals surface area contributed by atoms with Crippen LogP contribution in [-0.2, 0) is 11.3 Å². The molecule has 0 heterocycles. The molecule has 148 valence electrons. The molecule has 1 aromatic rings. The standard InChI is InChI=1S/C26H38O/c1-25-14-6-9-23(25)22-11-10-20-17-21(27-18-19-7-4-3-5-8-19)12-16-26(20,2)24(22)13-15-25/h3-5,7-8,20-24H,6,9-18H2,1-2H3. The van der Waals surface area contributed by atoms with Gasteiger partial charge in [-0.2, -0.15) is 0 Å². The Balaban J connectivity index is 1.25. The van der Waals surface area contributed by atoms with Gasteiger partial charge < -0.3 is 4.74 Å². The highest BCUT2D eigenvalue weighted by Gasteiger charge is 2.57. The summed E-state index contributed by atoms with van der Waals surface area (Å²) in [6.45, 7) is 6.10. The highest BCUT2D eigenvalue weighted by molar-refractivity contribution is 5.13. The molecule has 7 atom stereocenters. The molecule has 0 saturated heterocycles. The van der Waals surface area contributed by atoms with Crippen LogP contribution in [0.4, 0.5) is 0 Å². The first kappa shape index (κ1) is 18.2. The van der Waals surface area contributed by atoms with Crippen molar-refractivity contribution in [3.8, 4) is 0 Å². The molecule has 0 aliphatic heterocycles. The topological polar surface area (TPSA) is 9.23 Å². The van der Waals surface area contributed by atoms with E-state index in [1.165, 1.54) is 69.8 Å². The van der Waals surface area contributed by atoms with Crippen molar-refractivity contribution in [2.75, 3.05) is 0 Å². The van der Waals surface area contributed by atoms with Gasteiger partial charge in [-0.15, -0.1) is 0 Å². The van der Waals surface area contributed by atoms with Crippen LogP contribution in [0.15, 0.2) is 30.3 Å². The van der Waals surface area contributed by atoms with Crippen molar-refractivity contribution in [1.29, 1.82) is 0 Å². The molecule has 1 aromatic carbocycles. The number of hydrogen-bond acceptors (Lipinski definition) is 1. The van der Waals surface area contributed by atoms with E-state index in [2.05, 4.69) is 44.2 Å². The lowest BCUT2D eigenvalue weighted by molar-refractivity contribution is -0.131. The zero-order valence-corrected chi connectivity index (χ0v) is 17.5. The Bertz CT molecular complexity index is 653. The van der Waals surface area contributed by atoms with Crippen molar-refractivity contribution in [2.45, 2.75) is 90.8 Å². The fourth-order valence-electron chi connectivity index (χ4n) is 8.15. The number of hydrogen-bond donors (Lipinski definition) is 0. The van der Waals surface area contributed by atoms with Gasteiger partial charge in [0.1, 0.15) is 0 Å². The van der Waals surface area contributed by atoms with Crippen molar-refractivity contribution >= 4 is 0 Å². The minimum atomic E-state index is 0.486. The molecule has 1 heteroatoms. The molecule has 0 aromatic heterocycles. The fourth-order valence-corrected chi connectivity index (χ4v) is 8.15. The summed E-state index contributed by atoms with van der Waals surface area (Å²) in [4.78, 5) is 0. The van der Waals surface area contributed by atoms with Gasteiger partial charge in [0.15, 0.2) is 0 Å². The van der Waals surface area contributed by atoms with Crippen LogP contribution in [0.5, 0.6) is 0 Å². The first-order valence-corrected chi connectivity index (χ1v) is 11.7. The van der Waals surface area contributed by atoms with Crippen molar-refractivity contribution in [3.05, 3.63) is 35.9 Å².